The monoisotopic (exact) mass is 281 g/mol. The third kappa shape index (κ3) is 4.26. The second-order valence-electron chi connectivity index (χ2n) is 6.42. The molecule has 108 valence electrons. The van der Waals surface area contributed by atoms with E-state index in [1.807, 2.05) is 5.51 Å². The summed E-state index contributed by atoms with van der Waals surface area (Å²) in [5, 5.41) is 2.13. The van der Waals surface area contributed by atoms with Crippen molar-refractivity contribution in [2.45, 2.75) is 45.7 Å². The summed E-state index contributed by atoms with van der Waals surface area (Å²) in [7, 11) is 2.19. The number of hydrogen-bond acceptors (Lipinski definition) is 4. The lowest BCUT2D eigenvalue weighted by Gasteiger charge is -2.37. The molecule has 4 heteroatoms. The van der Waals surface area contributed by atoms with Crippen molar-refractivity contribution < 1.29 is 0 Å². The zero-order valence-corrected chi connectivity index (χ0v) is 13.2. The van der Waals surface area contributed by atoms with E-state index in [1.54, 1.807) is 11.3 Å². The Hall–Kier alpha value is -0.450. The van der Waals surface area contributed by atoms with Gasteiger partial charge in [-0.1, -0.05) is 13.8 Å². The van der Waals surface area contributed by atoms with E-state index in [-0.39, 0.29) is 0 Å². The zero-order chi connectivity index (χ0) is 13.8. The number of aromatic nitrogens is 1. The highest BCUT2D eigenvalue weighted by Gasteiger charge is 2.30. The first-order valence-electron chi connectivity index (χ1n) is 7.37. The Morgan fingerprint density at radius 1 is 1.47 bits per heavy atom. The topological polar surface area (TPSA) is 42.1 Å². The van der Waals surface area contributed by atoms with Gasteiger partial charge in [-0.25, -0.2) is 4.98 Å². The van der Waals surface area contributed by atoms with E-state index in [1.165, 1.54) is 25.0 Å². The number of hydrogen-bond donors (Lipinski definition) is 1. The van der Waals surface area contributed by atoms with Crippen LogP contribution in [0.25, 0.3) is 0 Å². The molecule has 2 N–H and O–H groups in total. The molecule has 1 saturated carbocycles. The molecule has 0 bridgehead atoms. The summed E-state index contributed by atoms with van der Waals surface area (Å²) in [5.74, 6) is 2.29. The van der Waals surface area contributed by atoms with Gasteiger partial charge in [-0.2, -0.15) is 0 Å². The van der Waals surface area contributed by atoms with Gasteiger partial charge in [0.2, 0.25) is 0 Å². The van der Waals surface area contributed by atoms with Gasteiger partial charge in [0.15, 0.2) is 0 Å². The highest BCUT2D eigenvalue weighted by atomic mass is 32.1. The van der Waals surface area contributed by atoms with Crippen LogP contribution in [0.4, 0.5) is 0 Å². The number of nitrogens with two attached hydrogens (primary N) is 1. The molecule has 0 saturated heterocycles. The zero-order valence-electron chi connectivity index (χ0n) is 12.4. The molecule has 19 heavy (non-hydrogen) atoms. The van der Waals surface area contributed by atoms with Crippen molar-refractivity contribution in [2.24, 2.45) is 23.5 Å². The van der Waals surface area contributed by atoms with Crippen LogP contribution in [-0.4, -0.2) is 29.5 Å². The van der Waals surface area contributed by atoms with Crippen LogP contribution in [0.15, 0.2) is 10.9 Å². The molecular weight excluding hydrogens is 254 g/mol. The van der Waals surface area contributed by atoms with Crippen LogP contribution in [0.3, 0.4) is 0 Å². The first kappa shape index (κ1) is 14.9. The van der Waals surface area contributed by atoms with E-state index in [2.05, 4.69) is 36.2 Å². The second-order valence-corrected chi connectivity index (χ2v) is 7.14. The molecule has 3 nitrogen and oxygen atoms in total. The molecule has 1 aromatic rings. The van der Waals surface area contributed by atoms with Gasteiger partial charge in [0.1, 0.15) is 0 Å². The van der Waals surface area contributed by atoms with Crippen molar-refractivity contribution in [1.29, 1.82) is 0 Å². The average molecular weight is 281 g/mol. The quantitative estimate of drug-likeness (QED) is 0.902. The fraction of sp³-hybridized carbons (Fsp3) is 0.800. The molecule has 1 aliphatic rings. The summed E-state index contributed by atoms with van der Waals surface area (Å²) in [6.45, 7) is 6.73. The predicted molar refractivity (Wildman–Crippen MR) is 82.1 cm³/mol. The molecule has 0 amide bonds. The standard InChI is InChI=1S/C15H27N3S/c1-11(2)12-4-5-15(16)13(6-12)7-18(3)8-14-9-19-10-17-14/h9-13,15H,4-8,16H2,1-3H3. The maximum atomic E-state index is 6.32. The van der Waals surface area contributed by atoms with Crippen LogP contribution in [-0.2, 0) is 6.54 Å². The van der Waals surface area contributed by atoms with Gasteiger partial charge in [0, 0.05) is 24.5 Å². The van der Waals surface area contributed by atoms with Gasteiger partial charge in [-0.15, -0.1) is 11.3 Å². The third-order valence-electron chi connectivity index (χ3n) is 4.49. The van der Waals surface area contributed by atoms with E-state index in [9.17, 15) is 0 Å². The fourth-order valence-corrected chi connectivity index (χ4v) is 3.75. The maximum absolute atomic E-state index is 6.32. The van der Waals surface area contributed by atoms with Gasteiger partial charge in [-0.3, -0.25) is 0 Å². The van der Waals surface area contributed by atoms with Gasteiger partial charge in [-0.05, 0) is 44.1 Å². The molecule has 2 rings (SSSR count). The summed E-state index contributed by atoms with van der Waals surface area (Å²) in [5.41, 5.74) is 9.41. The average Bonchev–Trinajstić information content (AvgIpc) is 2.84. The van der Waals surface area contributed by atoms with Crippen molar-refractivity contribution in [3.8, 4) is 0 Å². The summed E-state index contributed by atoms with van der Waals surface area (Å²) >= 11 is 1.67. The lowest BCUT2D eigenvalue weighted by atomic mass is 9.74. The lowest BCUT2D eigenvalue weighted by molar-refractivity contribution is 0.146. The summed E-state index contributed by atoms with van der Waals surface area (Å²) in [4.78, 5) is 6.73. The third-order valence-corrected chi connectivity index (χ3v) is 5.12. The van der Waals surface area contributed by atoms with Crippen molar-refractivity contribution in [3.63, 3.8) is 0 Å². The van der Waals surface area contributed by atoms with Crippen LogP contribution < -0.4 is 5.73 Å². The van der Waals surface area contributed by atoms with Gasteiger partial charge in [0.25, 0.3) is 0 Å². The summed E-state index contributed by atoms with van der Waals surface area (Å²) < 4.78 is 0. The van der Waals surface area contributed by atoms with E-state index in [4.69, 9.17) is 5.73 Å². The van der Waals surface area contributed by atoms with E-state index >= 15 is 0 Å². The first-order chi connectivity index (χ1) is 9.06. The SMILES string of the molecule is CC(C)C1CCC(N)C(CN(C)Cc2cscn2)C1. The minimum absolute atomic E-state index is 0.382. The van der Waals surface area contributed by atoms with Crippen LogP contribution >= 0.6 is 11.3 Å². The molecule has 0 aromatic carbocycles. The number of thiazole rings is 1. The Balaban J connectivity index is 1.85. The smallest absolute Gasteiger partial charge is 0.0795 e. The van der Waals surface area contributed by atoms with Gasteiger partial charge < -0.3 is 10.6 Å². The van der Waals surface area contributed by atoms with Gasteiger partial charge >= 0.3 is 0 Å². The molecular formula is C15H27N3S. The fourth-order valence-electron chi connectivity index (χ4n) is 3.20. The molecule has 3 atom stereocenters. The molecule has 1 heterocycles. The molecule has 0 aliphatic heterocycles. The molecule has 0 spiro atoms. The molecule has 1 aliphatic carbocycles. The molecule has 1 fully saturated rings. The van der Waals surface area contributed by atoms with Crippen LogP contribution in [0, 0.1) is 17.8 Å². The predicted octanol–water partition coefficient (Wildman–Crippen LogP) is 2.97. The first-order valence-corrected chi connectivity index (χ1v) is 8.31. The Kier molecular flexibility index (Phi) is 5.37. The van der Waals surface area contributed by atoms with Crippen LogP contribution in [0.1, 0.15) is 38.8 Å². The minimum Gasteiger partial charge on any atom is -0.327 e. The Morgan fingerprint density at radius 2 is 2.26 bits per heavy atom. The van der Waals surface area contributed by atoms with E-state index < -0.39 is 0 Å². The molecule has 1 aromatic heterocycles. The van der Waals surface area contributed by atoms with Crippen LogP contribution in [0.5, 0.6) is 0 Å². The largest absolute Gasteiger partial charge is 0.327 e. The summed E-state index contributed by atoms with van der Waals surface area (Å²) in [6, 6.07) is 0.382. The lowest BCUT2D eigenvalue weighted by Crippen LogP contribution is -2.42. The normalized spacial score (nSPS) is 28.2. The van der Waals surface area contributed by atoms with E-state index in [0.717, 1.165) is 24.9 Å². The molecule has 3 unspecified atom stereocenters. The number of rotatable bonds is 5. The minimum atomic E-state index is 0.382. The highest BCUT2D eigenvalue weighted by molar-refractivity contribution is 7.07. The molecule has 0 radical (unpaired) electrons. The van der Waals surface area contributed by atoms with E-state index in [0.29, 0.717) is 12.0 Å². The number of nitrogens with zero attached hydrogens (tertiary/aromatic N) is 2. The second kappa shape index (κ2) is 6.82. The van der Waals surface area contributed by atoms with Gasteiger partial charge in [0.05, 0.1) is 11.2 Å². The van der Waals surface area contributed by atoms with Crippen LogP contribution in [0.2, 0.25) is 0 Å². The maximum Gasteiger partial charge on any atom is 0.0795 e. The van der Waals surface area contributed by atoms with Crippen molar-refractivity contribution in [3.05, 3.63) is 16.6 Å². The Labute approximate surface area is 121 Å². The summed E-state index contributed by atoms with van der Waals surface area (Å²) in [6.07, 6.45) is 3.80. The van der Waals surface area contributed by atoms with Crippen molar-refractivity contribution in [2.75, 3.05) is 13.6 Å². The van der Waals surface area contributed by atoms with Crippen molar-refractivity contribution in [1.82, 2.24) is 9.88 Å². The Morgan fingerprint density at radius 3 is 2.89 bits per heavy atom. The highest BCUT2D eigenvalue weighted by Crippen LogP contribution is 2.33. The van der Waals surface area contributed by atoms with Crippen molar-refractivity contribution >= 4 is 11.3 Å². The Bertz CT molecular complexity index is 363.